The molecule has 96 valence electrons. The molecule has 0 heterocycles. The molecule has 1 aromatic carbocycles. The Kier molecular flexibility index (Phi) is 7.00. The summed E-state index contributed by atoms with van der Waals surface area (Å²) in [7, 11) is 0. The number of nitrogens with two attached hydrogens (primary N) is 1. The van der Waals surface area contributed by atoms with Gasteiger partial charge in [0.1, 0.15) is 0 Å². The van der Waals surface area contributed by atoms with Gasteiger partial charge in [0.25, 0.3) is 0 Å². The van der Waals surface area contributed by atoms with Gasteiger partial charge < -0.3 is 10.5 Å². The zero-order valence-corrected chi connectivity index (χ0v) is 12.8. The van der Waals surface area contributed by atoms with Gasteiger partial charge in [-0.25, -0.2) is 0 Å². The number of ether oxygens (including phenoxy) is 1. The van der Waals surface area contributed by atoms with Crippen molar-refractivity contribution in [1.29, 1.82) is 0 Å². The Morgan fingerprint density at radius 2 is 2.12 bits per heavy atom. The first-order chi connectivity index (χ1) is 8.09. The van der Waals surface area contributed by atoms with Crippen molar-refractivity contribution in [1.82, 2.24) is 0 Å². The average Bonchev–Trinajstić information content (AvgIpc) is 2.25. The number of anilines is 1. The number of thioether (sulfide) groups is 1. The highest BCUT2D eigenvalue weighted by Crippen LogP contribution is 2.28. The second kappa shape index (κ2) is 8.01. The van der Waals surface area contributed by atoms with Crippen molar-refractivity contribution in [3.63, 3.8) is 0 Å². The molecule has 2 N–H and O–H groups in total. The first-order valence-electron chi connectivity index (χ1n) is 5.85. The van der Waals surface area contributed by atoms with E-state index in [4.69, 9.17) is 10.5 Å². The number of hydrogen-bond donors (Lipinski definition) is 1. The Labute approximate surface area is 116 Å². The van der Waals surface area contributed by atoms with Gasteiger partial charge in [-0.15, -0.1) is 11.8 Å². The van der Waals surface area contributed by atoms with Gasteiger partial charge >= 0.3 is 0 Å². The zero-order chi connectivity index (χ0) is 12.7. The maximum absolute atomic E-state index is 5.69. The van der Waals surface area contributed by atoms with Crippen LogP contribution < -0.4 is 5.73 Å². The topological polar surface area (TPSA) is 35.2 Å². The average molecular weight is 318 g/mol. The first-order valence-corrected chi connectivity index (χ1v) is 7.63. The maximum Gasteiger partial charge on any atom is 0.0560 e. The largest absolute Gasteiger partial charge is 0.399 e. The zero-order valence-electron chi connectivity index (χ0n) is 10.4. The molecular formula is C13H20BrNOS. The second-order valence-electron chi connectivity index (χ2n) is 4.33. The summed E-state index contributed by atoms with van der Waals surface area (Å²) in [6, 6.07) is 5.90. The minimum absolute atomic E-state index is 0.717. The summed E-state index contributed by atoms with van der Waals surface area (Å²) in [5.41, 5.74) is 6.47. The number of benzene rings is 1. The Bertz CT molecular complexity index is 344. The molecule has 0 aliphatic carbocycles. The van der Waals surface area contributed by atoms with Gasteiger partial charge in [-0.1, -0.05) is 13.8 Å². The van der Waals surface area contributed by atoms with Gasteiger partial charge in [-0.2, -0.15) is 0 Å². The van der Waals surface area contributed by atoms with E-state index in [-0.39, 0.29) is 0 Å². The van der Waals surface area contributed by atoms with Crippen molar-refractivity contribution >= 4 is 33.4 Å². The summed E-state index contributed by atoms with van der Waals surface area (Å²) >= 11 is 5.29. The molecule has 0 bridgehead atoms. The highest BCUT2D eigenvalue weighted by Gasteiger charge is 2.01. The molecule has 1 aromatic rings. The molecule has 2 nitrogen and oxygen atoms in total. The molecule has 0 radical (unpaired) electrons. The summed E-state index contributed by atoms with van der Waals surface area (Å²) < 4.78 is 6.63. The monoisotopic (exact) mass is 317 g/mol. The molecule has 0 aromatic heterocycles. The smallest absolute Gasteiger partial charge is 0.0560 e. The van der Waals surface area contributed by atoms with E-state index in [1.165, 1.54) is 4.90 Å². The predicted molar refractivity (Wildman–Crippen MR) is 79.6 cm³/mol. The standard InChI is InChI=1S/C13H20BrNOS/c1-10(2)5-6-16-7-8-17-13-4-3-11(15)9-12(13)14/h3-4,9-10H,5-8,15H2,1-2H3. The van der Waals surface area contributed by atoms with Gasteiger partial charge in [0.2, 0.25) is 0 Å². The quantitative estimate of drug-likeness (QED) is 0.465. The molecule has 0 amide bonds. The van der Waals surface area contributed by atoms with Crippen molar-refractivity contribution in [3.05, 3.63) is 22.7 Å². The van der Waals surface area contributed by atoms with Crippen LogP contribution in [0.25, 0.3) is 0 Å². The molecule has 0 spiro atoms. The van der Waals surface area contributed by atoms with E-state index < -0.39 is 0 Å². The Morgan fingerprint density at radius 3 is 2.76 bits per heavy atom. The van der Waals surface area contributed by atoms with Crippen molar-refractivity contribution in [2.24, 2.45) is 5.92 Å². The molecule has 0 atom stereocenters. The summed E-state index contributed by atoms with van der Waals surface area (Å²) in [6.07, 6.45) is 1.14. The van der Waals surface area contributed by atoms with Crippen LogP contribution in [0.1, 0.15) is 20.3 Å². The Hall–Kier alpha value is -0.190. The molecule has 0 unspecified atom stereocenters. The second-order valence-corrected chi connectivity index (χ2v) is 6.32. The Morgan fingerprint density at radius 1 is 1.35 bits per heavy atom. The molecule has 0 saturated carbocycles. The molecule has 1 rings (SSSR count). The summed E-state index contributed by atoms with van der Waals surface area (Å²) in [5, 5.41) is 0. The molecule has 4 heteroatoms. The predicted octanol–water partition coefficient (Wildman–Crippen LogP) is 4.19. The number of nitrogen functional groups attached to an aromatic ring is 1. The van der Waals surface area contributed by atoms with Crippen LogP contribution in [-0.4, -0.2) is 19.0 Å². The van der Waals surface area contributed by atoms with Gasteiger partial charge in [-0.05, 0) is 46.5 Å². The number of hydrogen-bond acceptors (Lipinski definition) is 3. The van der Waals surface area contributed by atoms with E-state index in [0.717, 1.165) is 35.5 Å². The fraction of sp³-hybridized carbons (Fsp3) is 0.538. The van der Waals surface area contributed by atoms with Crippen LogP contribution in [0.5, 0.6) is 0 Å². The van der Waals surface area contributed by atoms with Crippen LogP contribution in [0.2, 0.25) is 0 Å². The van der Waals surface area contributed by atoms with E-state index in [1.54, 1.807) is 11.8 Å². The van der Waals surface area contributed by atoms with E-state index in [0.29, 0.717) is 5.92 Å². The highest BCUT2D eigenvalue weighted by molar-refractivity contribution is 9.10. The number of halogens is 1. The summed E-state index contributed by atoms with van der Waals surface area (Å²) in [5.74, 6) is 1.69. The number of rotatable bonds is 7. The van der Waals surface area contributed by atoms with Crippen LogP contribution in [0.15, 0.2) is 27.6 Å². The molecule has 17 heavy (non-hydrogen) atoms. The van der Waals surface area contributed by atoms with E-state index in [1.807, 2.05) is 18.2 Å². The molecule has 0 aliphatic heterocycles. The van der Waals surface area contributed by atoms with Crippen molar-refractivity contribution < 1.29 is 4.74 Å². The Balaban J connectivity index is 2.18. The van der Waals surface area contributed by atoms with E-state index in [9.17, 15) is 0 Å². The third-order valence-electron chi connectivity index (χ3n) is 2.28. The molecule has 0 aliphatic rings. The fourth-order valence-corrected chi connectivity index (χ4v) is 2.79. The lowest BCUT2D eigenvalue weighted by atomic mass is 10.1. The lowest BCUT2D eigenvalue weighted by Gasteiger charge is -2.07. The summed E-state index contributed by atoms with van der Waals surface area (Å²) in [6.45, 7) is 6.09. The van der Waals surface area contributed by atoms with E-state index >= 15 is 0 Å². The van der Waals surface area contributed by atoms with Crippen molar-refractivity contribution in [2.75, 3.05) is 24.7 Å². The van der Waals surface area contributed by atoms with Gasteiger partial charge in [0, 0.05) is 27.4 Å². The molecular weight excluding hydrogens is 298 g/mol. The van der Waals surface area contributed by atoms with Crippen molar-refractivity contribution in [3.8, 4) is 0 Å². The summed E-state index contributed by atoms with van der Waals surface area (Å²) in [4.78, 5) is 1.21. The van der Waals surface area contributed by atoms with Crippen LogP contribution in [0, 0.1) is 5.92 Å². The lowest BCUT2D eigenvalue weighted by Crippen LogP contribution is -2.02. The van der Waals surface area contributed by atoms with Crippen LogP contribution in [0.3, 0.4) is 0 Å². The van der Waals surface area contributed by atoms with Crippen LogP contribution >= 0.6 is 27.7 Å². The third-order valence-corrected chi connectivity index (χ3v) is 4.24. The normalized spacial score (nSPS) is 11.1. The third kappa shape index (κ3) is 6.34. The minimum atomic E-state index is 0.717. The van der Waals surface area contributed by atoms with E-state index in [2.05, 4.69) is 29.8 Å². The molecule has 0 saturated heterocycles. The van der Waals surface area contributed by atoms with Crippen LogP contribution in [0.4, 0.5) is 5.69 Å². The maximum atomic E-state index is 5.69. The SMILES string of the molecule is CC(C)CCOCCSc1ccc(N)cc1Br. The van der Waals surface area contributed by atoms with Gasteiger partial charge in [0.15, 0.2) is 0 Å². The molecule has 0 fully saturated rings. The van der Waals surface area contributed by atoms with Crippen molar-refractivity contribution in [2.45, 2.75) is 25.2 Å². The lowest BCUT2D eigenvalue weighted by molar-refractivity contribution is 0.138. The minimum Gasteiger partial charge on any atom is -0.399 e. The van der Waals surface area contributed by atoms with Gasteiger partial charge in [0.05, 0.1) is 6.61 Å². The highest BCUT2D eigenvalue weighted by atomic mass is 79.9. The first kappa shape index (κ1) is 14.9. The van der Waals surface area contributed by atoms with Crippen LogP contribution in [-0.2, 0) is 4.74 Å². The fourth-order valence-electron chi connectivity index (χ4n) is 1.27. The van der Waals surface area contributed by atoms with Gasteiger partial charge in [-0.3, -0.25) is 0 Å².